The average Bonchev–Trinajstić information content (AvgIpc) is 2.19. The van der Waals surface area contributed by atoms with Crippen molar-refractivity contribution in [3.05, 3.63) is 0 Å². The Labute approximate surface area is 82.9 Å². The minimum atomic E-state index is 0.592. The Kier molecular flexibility index (Phi) is 5.45. The van der Waals surface area contributed by atoms with E-state index >= 15 is 0 Å². The molecule has 0 aromatic carbocycles. The summed E-state index contributed by atoms with van der Waals surface area (Å²) in [6, 6.07) is 0. The smallest absolute Gasteiger partial charge is 0.0575 e. The van der Waals surface area contributed by atoms with Crippen LogP contribution in [0.5, 0.6) is 0 Å². The normalized spacial score (nSPS) is 29.1. The molecule has 0 unspecified atom stereocenters. The largest absolute Gasteiger partial charge is 0.378 e. The van der Waals surface area contributed by atoms with Crippen LogP contribution < -0.4 is 0 Å². The lowest BCUT2D eigenvalue weighted by molar-refractivity contribution is 0.0164. The molecule has 0 N–H and O–H groups in total. The van der Waals surface area contributed by atoms with Gasteiger partial charge in [0.15, 0.2) is 0 Å². The van der Waals surface area contributed by atoms with Crippen LogP contribution in [0.3, 0.4) is 0 Å². The summed E-state index contributed by atoms with van der Waals surface area (Å²) in [5.41, 5.74) is 0. The Morgan fingerprint density at radius 1 is 1.08 bits per heavy atom. The SMILES string of the molecule is CCCCOC1CCC(CC)CC1. The molecule has 0 aliphatic heterocycles. The van der Waals surface area contributed by atoms with E-state index in [9.17, 15) is 0 Å². The molecule has 0 saturated heterocycles. The highest BCUT2D eigenvalue weighted by Gasteiger charge is 2.19. The zero-order valence-electron chi connectivity index (χ0n) is 9.22. The maximum absolute atomic E-state index is 5.82. The zero-order chi connectivity index (χ0) is 9.52. The van der Waals surface area contributed by atoms with Crippen LogP contribution in [0.2, 0.25) is 0 Å². The predicted octanol–water partition coefficient (Wildman–Crippen LogP) is 3.77. The van der Waals surface area contributed by atoms with Crippen LogP contribution >= 0.6 is 0 Å². The molecule has 1 saturated carbocycles. The molecule has 1 fully saturated rings. The summed E-state index contributed by atoms with van der Waals surface area (Å²) >= 11 is 0. The Hall–Kier alpha value is -0.0400. The summed E-state index contributed by atoms with van der Waals surface area (Å²) in [5.74, 6) is 0.992. The molecule has 0 aromatic heterocycles. The van der Waals surface area contributed by atoms with Crippen LogP contribution in [0.15, 0.2) is 0 Å². The molecule has 1 aliphatic rings. The number of rotatable bonds is 5. The molecule has 0 heterocycles. The second kappa shape index (κ2) is 6.42. The lowest BCUT2D eigenvalue weighted by Crippen LogP contribution is -2.21. The Bertz CT molecular complexity index is 112. The molecule has 0 bridgehead atoms. The number of hydrogen-bond acceptors (Lipinski definition) is 1. The number of ether oxygens (including phenoxy) is 1. The molecule has 1 aliphatic carbocycles. The topological polar surface area (TPSA) is 9.23 Å². The van der Waals surface area contributed by atoms with E-state index in [0.29, 0.717) is 6.10 Å². The molecule has 13 heavy (non-hydrogen) atoms. The Morgan fingerprint density at radius 2 is 1.77 bits per heavy atom. The minimum Gasteiger partial charge on any atom is -0.378 e. The first-order valence-corrected chi connectivity index (χ1v) is 5.98. The molecule has 1 rings (SSSR count). The van der Waals surface area contributed by atoms with Crippen molar-refractivity contribution in [1.82, 2.24) is 0 Å². The third-order valence-corrected chi connectivity index (χ3v) is 3.22. The van der Waals surface area contributed by atoms with Gasteiger partial charge >= 0.3 is 0 Å². The molecule has 78 valence electrons. The lowest BCUT2D eigenvalue weighted by Gasteiger charge is -2.27. The van der Waals surface area contributed by atoms with Gasteiger partial charge in [-0.25, -0.2) is 0 Å². The highest BCUT2D eigenvalue weighted by atomic mass is 16.5. The van der Waals surface area contributed by atoms with Crippen LogP contribution in [0, 0.1) is 5.92 Å². The highest BCUT2D eigenvalue weighted by molar-refractivity contribution is 4.71. The maximum Gasteiger partial charge on any atom is 0.0575 e. The Balaban J connectivity index is 2.03. The van der Waals surface area contributed by atoms with Gasteiger partial charge in [-0.3, -0.25) is 0 Å². The molecule has 0 radical (unpaired) electrons. The minimum absolute atomic E-state index is 0.592. The summed E-state index contributed by atoms with van der Waals surface area (Å²) < 4.78 is 5.82. The van der Waals surface area contributed by atoms with Crippen molar-refractivity contribution in [1.29, 1.82) is 0 Å². The molecular formula is C12H24O. The summed E-state index contributed by atoms with van der Waals surface area (Å²) in [7, 11) is 0. The molecule has 0 amide bonds. The van der Waals surface area contributed by atoms with Gasteiger partial charge in [-0.1, -0.05) is 26.7 Å². The number of unbranched alkanes of at least 4 members (excludes halogenated alkanes) is 1. The summed E-state index contributed by atoms with van der Waals surface area (Å²) in [5, 5.41) is 0. The van der Waals surface area contributed by atoms with Gasteiger partial charge in [0.1, 0.15) is 0 Å². The van der Waals surface area contributed by atoms with Gasteiger partial charge in [0.05, 0.1) is 6.10 Å². The fourth-order valence-corrected chi connectivity index (χ4v) is 2.10. The van der Waals surface area contributed by atoms with Gasteiger partial charge in [0, 0.05) is 6.61 Å². The van der Waals surface area contributed by atoms with Crippen molar-refractivity contribution in [3.63, 3.8) is 0 Å². The van der Waals surface area contributed by atoms with E-state index in [1.54, 1.807) is 0 Å². The Morgan fingerprint density at radius 3 is 2.31 bits per heavy atom. The first-order valence-electron chi connectivity index (χ1n) is 5.98. The zero-order valence-corrected chi connectivity index (χ0v) is 9.22. The van der Waals surface area contributed by atoms with E-state index in [2.05, 4.69) is 13.8 Å². The molecule has 1 heteroatoms. The van der Waals surface area contributed by atoms with Gasteiger partial charge in [0.25, 0.3) is 0 Å². The first kappa shape index (κ1) is 11.0. The van der Waals surface area contributed by atoms with Crippen molar-refractivity contribution in [3.8, 4) is 0 Å². The average molecular weight is 184 g/mol. The third-order valence-electron chi connectivity index (χ3n) is 3.22. The lowest BCUT2D eigenvalue weighted by atomic mass is 9.86. The second-order valence-electron chi connectivity index (χ2n) is 4.28. The summed E-state index contributed by atoms with van der Waals surface area (Å²) in [4.78, 5) is 0. The van der Waals surface area contributed by atoms with Crippen molar-refractivity contribution in [2.75, 3.05) is 6.61 Å². The van der Waals surface area contributed by atoms with E-state index in [-0.39, 0.29) is 0 Å². The fraction of sp³-hybridized carbons (Fsp3) is 1.00. The molecular weight excluding hydrogens is 160 g/mol. The highest BCUT2D eigenvalue weighted by Crippen LogP contribution is 2.28. The van der Waals surface area contributed by atoms with Crippen LogP contribution in [0.25, 0.3) is 0 Å². The van der Waals surface area contributed by atoms with Gasteiger partial charge in [-0.15, -0.1) is 0 Å². The standard InChI is InChI=1S/C12H24O/c1-3-5-10-13-12-8-6-11(4-2)7-9-12/h11-12H,3-10H2,1-2H3. The first-order chi connectivity index (χ1) is 6.36. The quantitative estimate of drug-likeness (QED) is 0.591. The van der Waals surface area contributed by atoms with Gasteiger partial charge in [-0.2, -0.15) is 0 Å². The van der Waals surface area contributed by atoms with Gasteiger partial charge < -0.3 is 4.74 Å². The summed E-state index contributed by atoms with van der Waals surface area (Å²) in [6.45, 7) is 5.51. The van der Waals surface area contributed by atoms with E-state index < -0.39 is 0 Å². The van der Waals surface area contributed by atoms with E-state index in [1.807, 2.05) is 0 Å². The van der Waals surface area contributed by atoms with Gasteiger partial charge in [0.2, 0.25) is 0 Å². The fourth-order valence-electron chi connectivity index (χ4n) is 2.10. The van der Waals surface area contributed by atoms with Crippen molar-refractivity contribution in [2.45, 2.75) is 64.9 Å². The monoisotopic (exact) mass is 184 g/mol. The van der Waals surface area contributed by atoms with Crippen molar-refractivity contribution < 1.29 is 4.74 Å². The van der Waals surface area contributed by atoms with Crippen LogP contribution in [-0.2, 0) is 4.74 Å². The molecule has 0 atom stereocenters. The maximum atomic E-state index is 5.82. The van der Waals surface area contributed by atoms with Crippen LogP contribution in [0.1, 0.15) is 58.8 Å². The molecule has 0 spiro atoms. The van der Waals surface area contributed by atoms with E-state index in [1.165, 1.54) is 44.9 Å². The third kappa shape index (κ3) is 4.12. The van der Waals surface area contributed by atoms with Crippen LogP contribution in [0.4, 0.5) is 0 Å². The van der Waals surface area contributed by atoms with E-state index in [4.69, 9.17) is 4.74 Å². The summed E-state index contributed by atoms with van der Waals surface area (Å²) in [6.07, 6.45) is 9.85. The van der Waals surface area contributed by atoms with E-state index in [0.717, 1.165) is 12.5 Å². The predicted molar refractivity (Wildman–Crippen MR) is 56.9 cm³/mol. The van der Waals surface area contributed by atoms with Crippen molar-refractivity contribution >= 4 is 0 Å². The van der Waals surface area contributed by atoms with Gasteiger partial charge in [-0.05, 0) is 38.0 Å². The van der Waals surface area contributed by atoms with Crippen molar-refractivity contribution in [2.24, 2.45) is 5.92 Å². The molecule has 1 nitrogen and oxygen atoms in total. The number of hydrogen-bond donors (Lipinski definition) is 0. The molecule has 0 aromatic rings. The van der Waals surface area contributed by atoms with Crippen LogP contribution in [-0.4, -0.2) is 12.7 Å². The second-order valence-corrected chi connectivity index (χ2v) is 4.28.